The molecule has 106 valence electrons. The Morgan fingerprint density at radius 2 is 1.84 bits per heavy atom. The Hall–Kier alpha value is -0.870. The van der Waals surface area contributed by atoms with Crippen LogP contribution in [0.2, 0.25) is 0 Å². The molecular formula is C12H17ClNO4P. The molecule has 1 rings (SSSR count). The minimum atomic E-state index is -3.62. The van der Waals surface area contributed by atoms with Crippen molar-refractivity contribution in [3.8, 4) is 0 Å². The fourth-order valence-corrected chi connectivity index (χ4v) is 3.87. The molecule has 0 aliphatic heterocycles. The van der Waals surface area contributed by atoms with Gasteiger partial charge in [0, 0.05) is 5.30 Å². The number of hydrogen-bond donors (Lipinski definition) is 1. The third-order valence-corrected chi connectivity index (χ3v) is 5.25. The lowest BCUT2D eigenvalue weighted by molar-refractivity contribution is -0.170. The molecule has 1 aromatic rings. The minimum absolute atomic E-state index is 0.336. The molecule has 0 heterocycles. The molecule has 0 amide bonds. The largest absolute Gasteiger partial charge is 0.480 e. The second-order valence-corrected chi connectivity index (χ2v) is 7.60. The van der Waals surface area contributed by atoms with E-state index in [0.29, 0.717) is 5.30 Å². The Kier molecular flexibility index (Phi) is 5.56. The number of carboxylic acid groups (broad SMARTS) is 1. The summed E-state index contributed by atoms with van der Waals surface area (Å²) in [6.45, 7) is 1.18. The van der Waals surface area contributed by atoms with Gasteiger partial charge in [-0.25, -0.2) is 0 Å². The summed E-state index contributed by atoms with van der Waals surface area (Å²) in [6.07, 6.45) is -0.336. The number of rotatable bonds is 6. The first kappa shape index (κ1) is 16.2. The van der Waals surface area contributed by atoms with Crippen LogP contribution < -0.4 is 5.30 Å². The number of carbonyl (C=O) groups is 1. The first-order chi connectivity index (χ1) is 8.76. The lowest BCUT2D eigenvalue weighted by Gasteiger charge is -2.30. The first-order valence-electron chi connectivity index (χ1n) is 5.81. The number of benzene rings is 1. The van der Waals surface area contributed by atoms with Crippen LogP contribution in [0.1, 0.15) is 20.8 Å². The van der Waals surface area contributed by atoms with Gasteiger partial charge in [0.15, 0.2) is 0 Å². The average Bonchev–Trinajstić information content (AvgIpc) is 2.35. The van der Waals surface area contributed by atoms with Crippen LogP contribution in [0.25, 0.3) is 0 Å². The highest BCUT2D eigenvalue weighted by molar-refractivity contribution is 7.93. The molecule has 0 spiro atoms. The van der Waals surface area contributed by atoms with Crippen LogP contribution in [0.5, 0.6) is 0 Å². The van der Waals surface area contributed by atoms with Gasteiger partial charge >= 0.3 is 5.97 Å². The van der Waals surface area contributed by atoms with E-state index in [2.05, 4.69) is 0 Å². The van der Waals surface area contributed by atoms with Gasteiger partial charge in [-0.3, -0.25) is 14.2 Å². The van der Waals surface area contributed by atoms with Crippen molar-refractivity contribution in [3.05, 3.63) is 30.3 Å². The predicted octanol–water partition coefficient (Wildman–Crippen LogP) is 2.86. The Balaban J connectivity index is 3.16. The minimum Gasteiger partial charge on any atom is -0.480 e. The van der Waals surface area contributed by atoms with Crippen LogP contribution in [-0.2, 0) is 14.2 Å². The molecule has 0 fully saturated rings. The van der Waals surface area contributed by atoms with Crippen LogP contribution in [0.4, 0.5) is 0 Å². The summed E-state index contributed by atoms with van der Waals surface area (Å²) in [5.74, 6) is -1.16. The quantitative estimate of drug-likeness (QED) is 0.646. The maximum Gasteiger partial charge on any atom is 0.323 e. The van der Waals surface area contributed by atoms with Crippen molar-refractivity contribution in [2.45, 2.75) is 32.9 Å². The van der Waals surface area contributed by atoms with Crippen LogP contribution >= 0.6 is 17.9 Å². The number of halogens is 1. The standard InChI is InChI=1S/C12H17ClNO4P/c1-9(2)18-14(10(3)12(15)16)19(13,17)11-7-5-4-6-8-11/h4-10H,1-3H3,(H,15,16)/t10-,19?/m0/s1. The number of carboxylic acids is 1. The van der Waals surface area contributed by atoms with E-state index < -0.39 is 18.7 Å². The van der Waals surface area contributed by atoms with Crippen molar-refractivity contribution in [2.24, 2.45) is 0 Å². The highest BCUT2D eigenvalue weighted by Gasteiger charge is 2.39. The van der Waals surface area contributed by atoms with E-state index in [1.54, 1.807) is 44.2 Å². The van der Waals surface area contributed by atoms with E-state index in [1.807, 2.05) is 0 Å². The SMILES string of the molecule is CC(C)ON([C@@H](C)C(=O)O)P(=O)(Cl)c1ccccc1. The maximum absolute atomic E-state index is 12.7. The summed E-state index contributed by atoms with van der Waals surface area (Å²) in [7, 11) is 0. The second-order valence-electron chi connectivity index (χ2n) is 4.31. The van der Waals surface area contributed by atoms with Gasteiger partial charge in [0.1, 0.15) is 6.04 Å². The van der Waals surface area contributed by atoms with Crippen molar-refractivity contribution in [1.29, 1.82) is 0 Å². The molecule has 19 heavy (non-hydrogen) atoms. The third kappa shape index (κ3) is 4.05. The molecule has 0 aliphatic rings. The number of nitrogens with zero attached hydrogens (tertiary/aromatic N) is 1. The molecule has 0 aromatic heterocycles. The highest BCUT2D eigenvalue weighted by atomic mass is 35.7. The van der Waals surface area contributed by atoms with Gasteiger partial charge in [-0.15, -0.1) is 4.83 Å². The van der Waals surface area contributed by atoms with Crippen molar-refractivity contribution in [1.82, 2.24) is 4.83 Å². The van der Waals surface area contributed by atoms with E-state index in [0.717, 1.165) is 4.83 Å². The van der Waals surface area contributed by atoms with Crippen LogP contribution in [0.3, 0.4) is 0 Å². The topological polar surface area (TPSA) is 66.8 Å². The smallest absolute Gasteiger partial charge is 0.323 e. The Bertz CT molecular complexity index is 480. The third-order valence-electron chi connectivity index (χ3n) is 2.34. The predicted molar refractivity (Wildman–Crippen MR) is 74.7 cm³/mol. The van der Waals surface area contributed by atoms with Crippen LogP contribution in [0.15, 0.2) is 30.3 Å². The molecular weight excluding hydrogens is 289 g/mol. The molecule has 0 saturated heterocycles. The summed E-state index contributed by atoms with van der Waals surface area (Å²) < 4.78 is 12.7. The van der Waals surface area contributed by atoms with Gasteiger partial charge in [-0.1, -0.05) is 18.2 Å². The molecule has 0 bridgehead atoms. The molecule has 5 nitrogen and oxygen atoms in total. The first-order valence-corrected chi connectivity index (χ1v) is 8.38. The molecule has 1 aromatic carbocycles. The number of hydrogen-bond acceptors (Lipinski definition) is 3. The molecule has 0 radical (unpaired) electrons. The van der Waals surface area contributed by atoms with Crippen molar-refractivity contribution >= 4 is 29.2 Å². The Morgan fingerprint density at radius 1 is 1.32 bits per heavy atom. The molecule has 0 aliphatic carbocycles. The van der Waals surface area contributed by atoms with E-state index in [4.69, 9.17) is 21.2 Å². The summed E-state index contributed by atoms with van der Waals surface area (Å²) in [6, 6.07) is 7.17. The molecule has 0 saturated carbocycles. The van der Waals surface area contributed by atoms with Crippen molar-refractivity contribution in [3.63, 3.8) is 0 Å². The van der Waals surface area contributed by atoms with Gasteiger partial charge in [-0.05, 0) is 44.1 Å². The van der Waals surface area contributed by atoms with E-state index in [-0.39, 0.29) is 6.10 Å². The summed E-state index contributed by atoms with van der Waals surface area (Å²) >= 11 is 6.10. The zero-order chi connectivity index (χ0) is 14.6. The van der Waals surface area contributed by atoms with Gasteiger partial charge in [0.05, 0.1) is 6.10 Å². The van der Waals surface area contributed by atoms with E-state index in [1.165, 1.54) is 6.92 Å². The van der Waals surface area contributed by atoms with Crippen LogP contribution in [-0.4, -0.2) is 28.1 Å². The van der Waals surface area contributed by atoms with Gasteiger partial charge in [0.25, 0.3) is 6.65 Å². The monoisotopic (exact) mass is 305 g/mol. The normalized spacial score (nSPS) is 16.3. The Morgan fingerprint density at radius 3 is 2.26 bits per heavy atom. The molecule has 1 N–H and O–H groups in total. The van der Waals surface area contributed by atoms with Crippen molar-refractivity contribution < 1.29 is 19.3 Å². The average molecular weight is 306 g/mol. The van der Waals surface area contributed by atoms with Gasteiger partial charge in [0.2, 0.25) is 0 Å². The molecule has 7 heteroatoms. The van der Waals surface area contributed by atoms with E-state index >= 15 is 0 Å². The van der Waals surface area contributed by atoms with Crippen LogP contribution in [0, 0.1) is 0 Å². The summed E-state index contributed by atoms with van der Waals surface area (Å²) in [5.41, 5.74) is 0. The highest BCUT2D eigenvalue weighted by Crippen LogP contribution is 2.55. The van der Waals surface area contributed by atoms with Gasteiger partial charge < -0.3 is 5.11 Å². The lowest BCUT2D eigenvalue weighted by atomic mass is 10.4. The van der Waals surface area contributed by atoms with Gasteiger partial charge in [-0.2, -0.15) is 0 Å². The Labute approximate surface area is 117 Å². The molecule has 1 unspecified atom stereocenters. The fourth-order valence-electron chi connectivity index (χ4n) is 1.41. The number of aliphatic carboxylic acids is 1. The van der Waals surface area contributed by atoms with E-state index in [9.17, 15) is 9.36 Å². The molecule has 2 atom stereocenters. The number of hydroxylamine groups is 1. The summed E-state index contributed by atoms with van der Waals surface area (Å²) in [4.78, 5) is 17.3. The maximum atomic E-state index is 12.7. The zero-order valence-electron chi connectivity index (χ0n) is 11.0. The lowest BCUT2D eigenvalue weighted by Crippen LogP contribution is -2.39. The van der Waals surface area contributed by atoms with Crippen molar-refractivity contribution in [2.75, 3.05) is 0 Å². The summed E-state index contributed by atoms with van der Waals surface area (Å²) in [5, 5.41) is 9.41. The zero-order valence-corrected chi connectivity index (χ0v) is 12.6. The second kappa shape index (κ2) is 6.53. The fraction of sp³-hybridized carbons (Fsp3) is 0.417.